The van der Waals surface area contributed by atoms with Gasteiger partial charge in [-0.25, -0.2) is 4.39 Å². The average molecular weight is 393 g/mol. The lowest BCUT2D eigenvalue weighted by Crippen LogP contribution is -2.44. The lowest BCUT2D eigenvalue weighted by Gasteiger charge is -2.23. The predicted molar refractivity (Wildman–Crippen MR) is 94.8 cm³/mol. The van der Waals surface area contributed by atoms with Crippen LogP contribution in [0.15, 0.2) is 53.0 Å². The third-order valence-corrected chi connectivity index (χ3v) is 4.16. The van der Waals surface area contributed by atoms with Crippen molar-refractivity contribution in [1.29, 1.82) is 0 Å². The topological polar surface area (TPSA) is 58.2 Å². The molecule has 0 aromatic heterocycles. The fourth-order valence-corrected chi connectivity index (χ4v) is 2.23. The Bertz CT molecular complexity index is 745. The maximum Gasteiger partial charge on any atom is 0.239 e. The van der Waals surface area contributed by atoms with E-state index in [9.17, 15) is 14.0 Å². The Morgan fingerprint density at radius 2 is 1.67 bits per heavy atom. The van der Waals surface area contributed by atoms with Crippen molar-refractivity contribution in [2.75, 3.05) is 5.32 Å². The van der Waals surface area contributed by atoms with Crippen LogP contribution in [0.2, 0.25) is 0 Å². The van der Waals surface area contributed by atoms with Gasteiger partial charge >= 0.3 is 0 Å². The molecule has 126 valence electrons. The van der Waals surface area contributed by atoms with Crippen LogP contribution in [-0.4, -0.2) is 11.8 Å². The number of rotatable bonds is 5. The van der Waals surface area contributed by atoms with Gasteiger partial charge < -0.3 is 10.6 Å². The van der Waals surface area contributed by atoms with E-state index in [1.165, 1.54) is 19.9 Å². The molecule has 6 heteroatoms. The van der Waals surface area contributed by atoms with Crippen LogP contribution < -0.4 is 10.6 Å². The van der Waals surface area contributed by atoms with E-state index in [1.54, 1.807) is 42.5 Å². The van der Waals surface area contributed by atoms with Gasteiger partial charge in [0, 0.05) is 22.3 Å². The highest BCUT2D eigenvalue weighted by Crippen LogP contribution is 2.21. The molecule has 0 spiro atoms. The summed E-state index contributed by atoms with van der Waals surface area (Å²) in [4.78, 5) is 24.7. The zero-order valence-corrected chi connectivity index (χ0v) is 15.0. The molecule has 2 N–H and O–H groups in total. The summed E-state index contributed by atoms with van der Waals surface area (Å²) in [6, 6.07) is 13.2. The van der Waals surface area contributed by atoms with Gasteiger partial charge in [-0.15, -0.1) is 0 Å². The van der Waals surface area contributed by atoms with Crippen LogP contribution in [0.4, 0.5) is 10.1 Å². The lowest BCUT2D eigenvalue weighted by atomic mass is 9.90. The molecule has 2 aromatic rings. The van der Waals surface area contributed by atoms with Crippen molar-refractivity contribution in [1.82, 2.24) is 5.32 Å². The van der Waals surface area contributed by atoms with Crippen molar-refractivity contribution in [3.05, 3.63) is 64.4 Å². The molecule has 0 heterocycles. The second-order valence-corrected chi connectivity index (χ2v) is 6.78. The number of benzene rings is 2. The van der Waals surface area contributed by atoms with E-state index in [4.69, 9.17) is 0 Å². The molecule has 24 heavy (non-hydrogen) atoms. The molecule has 0 radical (unpaired) electrons. The number of carbonyl (C=O) groups excluding carboxylic acids is 2. The summed E-state index contributed by atoms with van der Waals surface area (Å²) in [5.74, 6) is -1.30. The van der Waals surface area contributed by atoms with Gasteiger partial charge in [0.05, 0.1) is 0 Å². The highest BCUT2D eigenvalue weighted by atomic mass is 79.9. The number of hydrogen-bond acceptors (Lipinski definition) is 2. The number of anilines is 1. The zero-order valence-electron chi connectivity index (χ0n) is 13.4. The zero-order chi connectivity index (χ0) is 17.7. The number of amides is 2. The molecular weight excluding hydrogens is 375 g/mol. The molecule has 0 atom stereocenters. The fourth-order valence-electron chi connectivity index (χ4n) is 1.96. The molecule has 0 saturated heterocycles. The summed E-state index contributed by atoms with van der Waals surface area (Å²) in [6.07, 6.45) is 0. The number of nitrogens with one attached hydrogen (secondary N) is 2. The molecule has 0 unspecified atom stereocenters. The van der Waals surface area contributed by atoms with Crippen LogP contribution in [0.25, 0.3) is 0 Å². The Labute approximate surface area is 148 Å². The van der Waals surface area contributed by atoms with Gasteiger partial charge in [-0.2, -0.15) is 0 Å². The Balaban J connectivity index is 1.99. The van der Waals surface area contributed by atoms with E-state index in [1.807, 2.05) is 0 Å². The molecule has 0 saturated carbocycles. The first-order valence-electron chi connectivity index (χ1n) is 7.39. The molecule has 0 bridgehead atoms. The second kappa shape index (κ2) is 7.57. The quantitative estimate of drug-likeness (QED) is 0.758. The van der Waals surface area contributed by atoms with Crippen LogP contribution in [0.5, 0.6) is 0 Å². The van der Waals surface area contributed by atoms with Crippen LogP contribution >= 0.6 is 15.9 Å². The number of halogens is 2. The molecule has 2 amide bonds. The first-order chi connectivity index (χ1) is 11.3. The summed E-state index contributed by atoms with van der Waals surface area (Å²) in [5.41, 5.74) is -0.327. The van der Waals surface area contributed by atoms with Gasteiger partial charge in [0.25, 0.3) is 0 Å². The van der Waals surface area contributed by atoms with E-state index < -0.39 is 23.0 Å². The predicted octanol–water partition coefficient (Wildman–Crippen LogP) is 3.87. The van der Waals surface area contributed by atoms with Gasteiger partial charge in [-0.1, -0.05) is 34.1 Å². The first-order valence-corrected chi connectivity index (χ1v) is 8.19. The van der Waals surface area contributed by atoms with Gasteiger partial charge in [-0.05, 0) is 44.2 Å². The monoisotopic (exact) mass is 392 g/mol. The molecule has 0 aliphatic rings. The summed E-state index contributed by atoms with van der Waals surface area (Å²) in [6.45, 7) is 3.08. The first kappa shape index (κ1) is 18.1. The van der Waals surface area contributed by atoms with Gasteiger partial charge in [-0.3, -0.25) is 9.59 Å². The van der Waals surface area contributed by atoms with E-state index in [0.717, 1.165) is 4.47 Å². The van der Waals surface area contributed by atoms with E-state index >= 15 is 0 Å². The summed E-state index contributed by atoms with van der Waals surface area (Å²) < 4.78 is 14.5. The van der Waals surface area contributed by atoms with E-state index in [0.29, 0.717) is 11.3 Å². The second-order valence-electron chi connectivity index (χ2n) is 5.86. The largest absolute Gasteiger partial charge is 0.351 e. The fraction of sp³-hybridized carbons (Fsp3) is 0.222. The van der Waals surface area contributed by atoms with Crippen molar-refractivity contribution in [2.24, 2.45) is 5.41 Å². The maximum atomic E-state index is 13.6. The SMILES string of the molecule is CC(C)(C(=O)NCc1ccccc1F)C(=O)Nc1ccc(Br)cc1. The minimum absolute atomic E-state index is 0.0283. The van der Waals surface area contributed by atoms with Crippen LogP contribution in [0, 0.1) is 11.2 Å². The van der Waals surface area contributed by atoms with Crippen molar-refractivity contribution < 1.29 is 14.0 Å². The molecule has 0 aliphatic heterocycles. The Kier molecular flexibility index (Phi) is 5.72. The molecule has 2 aromatic carbocycles. The number of carbonyl (C=O) groups is 2. The smallest absolute Gasteiger partial charge is 0.239 e. The van der Waals surface area contributed by atoms with Crippen LogP contribution in [0.3, 0.4) is 0 Å². The lowest BCUT2D eigenvalue weighted by molar-refractivity contribution is -0.138. The molecular formula is C18H18BrFN2O2. The summed E-state index contributed by atoms with van der Waals surface area (Å²) >= 11 is 3.32. The third-order valence-electron chi connectivity index (χ3n) is 3.63. The maximum absolute atomic E-state index is 13.6. The molecule has 0 aliphatic carbocycles. The van der Waals surface area contributed by atoms with Crippen molar-refractivity contribution in [3.63, 3.8) is 0 Å². The normalized spacial score (nSPS) is 11.0. The highest BCUT2D eigenvalue weighted by Gasteiger charge is 2.36. The summed E-state index contributed by atoms with van der Waals surface area (Å²) in [7, 11) is 0. The average Bonchev–Trinajstić information content (AvgIpc) is 2.55. The van der Waals surface area contributed by atoms with Crippen molar-refractivity contribution in [3.8, 4) is 0 Å². The van der Waals surface area contributed by atoms with Crippen molar-refractivity contribution >= 4 is 33.4 Å². The van der Waals surface area contributed by atoms with E-state index in [2.05, 4.69) is 26.6 Å². The minimum atomic E-state index is -1.29. The number of hydrogen-bond donors (Lipinski definition) is 2. The Morgan fingerprint density at radius 3 is 2.29 bits per heavy atom. The van der Waals surface area contributed by atoms with Gasteiger partial charge in [0.15, 0.2) is 0 Å². The third kappa shape index (κ3) is 4.41. The standard InChI is InChI=1S/C18H18BrFN2O2/c1-18(2,17(24)22-14-9-7-13(19)8-10-14)16(23)21-11-12-5-3-4-6-15(12)20/h3-10H,11H2,1-2H3,(H,21,23)(H,22,24). The Hall–Kier alpha value is -2.21. The van der Waals surface area contributed by atoms with Crippen LogP contribution in [0.1, 0.15) is 19.4 Å². The van der Waals surface area contributed by atoms with Crippen molar-refractivity contribution in [2.45, 2.75) is 20.4 Å². The van der Waals surface area contributed by atoms with Crippen LogP contribution in [-0.2, 0) is 16.1 Å². The highest BCUT2D eigenvalue weighted by molar-refractivity contribution is 9.10. The Morgan fingerprint density at radius 1 is 1.04 bits per heavy atom. The molecule has 4 nitrogen and oxygen atoms in total. The van der Waals surface area contributed by atoms with Gasteiger partial charge in [0.1, 0.15) is 11.2 Å². The summed E-state index contributed by atoms with van der Waals surface area (Å²) in [5, 5.41) is 5.31. The molecule has 0 fully saturated rings. The van der Waals surface area contributed by atoms with E-state index in [-0.39, 0.29) is 6.54 Å². The molecule has 2 rings (SSSR count). The minimum Gasteiger partial charge on any atom is -0.351 e. The van der Waals surface area contributed by atoms with Gasteiger partial charge in [0.2, 0.25) is 11.8 Å².